The Kier molecular flexibility index (Phi) is 3.85. The van der Waals surface area contributed by atoms with Crippen molar-refractivity contribution < 1.29 is 4.42 Å². The SMILES string of the molecule is C=N/C=C\C(=C/C)c1cnc2ccc(-c3ccc4oc(N)nc4c3)cn12. The Morgan fingerprint density at radius 3 is 2.92 bits per heavy atom. The summed E-state index contributed by atoms with van der Waals surface area (Å²) in [5, 5.41) is 0. The molecular weight excluding hydrogens is 326 g/mol. The van der Waals surface area contributed by atoms with Crippen LogP contribution in [0.15, 0.2) is 70.5 Å². The molecule has 128 valence electrons. The lowest BCUT2D eigenvalue weighted by molar-refractivity contribution is 0.626. The second-order valence-electron chi connectivity index (χ2n) is 5.77. The maximum absolute atomic E-state index is 5.63. The molecule has 0 atom stereocenters. The molecule has 0 radical (unpaired) electrons. The van der Waals surface area contributed by atoms with E-state index >= 15 is 0 Å². The fourth-order valence-corrected chi connectivity index (χ4v) is 2.95. The summed E-state index contributed by atoms with van der Waals surface area (Å²) in [5.74, 6) is 0. The molecule has 6 heteroatoms. The molecule has 2 N–H and O–H groups in total. The molecule has 4 rings (SSSR count). The number of nitrogens with zero attached hydrogens (tertiary/aromatic N) is 4. The molecular formula is C20H17N5O. The number of aromatic nitrogens is 3. The van der Waals surface area contributed by atoms with Crippen molar-refractivity contribution in [2.75, 3.05) is 5.73 Å². The molecule has 4 aromatic rings. The van der Waals surface area contributed by atoms with E-state index in [-0.39, 0.29) is 6.01 Å². The molecule has 0 spiro atoms. The molecule has 0 unspecified atom stereocenters. The van der Waals surface area contributed by atoms with Gasteiger partial charge in [-0.1, -0.05) is 12.1 Å². The number of fused-ring (bicyclic) bond motifs is 2. The van der Waals surface area contributed by atoms with Crippen LogP contribution in [0.5, 0.6) is 0 Å². The molecule has 26 heavy (non-hydrogen) atoms. The number of benzene rings is 1. The van der Waals surface area contributed by atoms with Crippen molar-refractivity contribution in [1.82, 2.24) is 14.4 Å². The Labute approximate surface area is 150 Å². The maximum Gasteiger partial charge on any atom is 0.292 e. The van der Waals surface area contributed by atoms with E-state index in [1.807, 2.05) is 55.6 Å². The van der Waals surface area contributed by atoms with Gasteiger partial charge in [-0.05, 0) is 60.7 Å². The summed E-state index contributed by atoms with van der Waals surface area (Å²) in [6, 6.07) is 10.0. The highest BCUT2D eigenvalue weighted by Crippen LogP contribution is 2.27. The molecule has 0 saturated carbocycles. The van der Waals surface area contributed by atoms with Gasteiger partial charge in [-0.25, -0.2) is 4.98 Å². The fourth-order valence-electron chi connectivity index (χ4n) is 2.95. The highest BCUT2D eigenvalue weighted by molar-refractivity contribution is 5.82. The first-order chi connectivity index (χ1) is 12.7. The molecule has 0 fully saturated rings. The summed E-state index contributed by atoms with van der Waals surface area (Å²) in [4.78, 5) is 12.5. The van der Waals surface area contributed by atoms with Gasteiger partial charge in [0.25, 0.3) is 6.01 Å². The molecule has 0 aliphatic carbocycles. The van der Waals surface area contributed by atoms with Gasteiger partial charge in [-0.3, -0.25) is 9.39 Å². The third-order valence-corrected chi connectivity index (χ3v) is 4.21. The highest BCUT2D eigenvalue weighted by atomic mass is 16.4. The molecule has 0 amide bonds. The van der Waals surface area contributed by atoms with Crippen LogP contribution in [0.25, 0.3) is 33.4 Å². The zero-order chi connectivity index (χ0) is 18.1. The molecule has 3 heterocycles. The van der Waals surface area contributed by atoms with Crippen molar-refractivity contribution in [3.63, 3.8) is 0 Å². The first-order valence-electron chi connectivity index (χ1n) is 8.12. The number of rotatable bonds is 4. The summed E-state index contributed by atoms with van der Waals surface area (Å²) >= 11 is 0. The van der Waals surface area contributed by atoms with Gasteiger partial charge in [0.2, 0.25) is 0 Å². The van der Waals surface area contributed by atoms with Gasteiger partial charge in [-0.15, -0.1) is 0 Å². The topological polar surface area (TPSA) is 81.7 Å². The average Bonchev–Trinajstić information content (AvgIpc) is 3.24. The molecule has 6 nitrogen and oxygen atoms in total. The zero-order valence-corrected chi connectivity index (χ0v) is 14.3. The third kappa shape index (κ3) is 2.67. The molecule has 0 aliphatic heterocycles. The number of nitrogens with two attached hydrogens (primary N) is 1. The Hall–Kier alpha value is -3.67. The Bertz CT molecular complexity index is 1180. The zero-order valence-electron chi connectivity index (χ0n) is 14.3. The molecule has 1 aromatic carbocycles. The largest absolute Gasteiger partial charge is 0.424 e. The van der Waals surface area contributed by atoms with E-state index in [1.165, 1.54) is 0 Å². The van der Waals surface area contributed by atoms with Gasteiger partial charge in [-0.2, -0.15) is 4.98 Å². The number of nitrogen functional groups attached to an aromatic ring is 1. The van der Waals surface area contributed by atoms with Crippen LogP contribution in [0.3, 0.4) is 0 Å². The quantitative estimate of drug-likeness (QED) is 0.441. The minimum Gasteiger partial charge on any atom is -0.424 e. The summed E-state index contributed by atoms with van der Waals surface area (Å²) in [6.07, 6.45) is 9.50. The fraction of sp³-hybridized carbons (Fsp3) is 0.0500. The van der Waals surface area contributed by atoms with E-state index in [2.05, 4.69) is 32.3 Å². The Morgan fingerprint density at radius 1 is 1.27 bits per heavy atom. The van der Waals surface area contributed by atoms with Crippen molar-refractivity contribution in [2.24, 2.45) is 4.99 Å². The molecule has 0 saturated heterocycles. The smallest absolute Gasteiger partial charge is 0.292 e. The minimum atomic E-state index is 0.171. The first kappa shape index (κ1) is 15.8. The van der Waals surface area contributed by atoms with Gasteiger partial charge >= 0.3 is 0 Å². The van der Waals surface area contributed by atoms with Crippen LogP contribution in [-0.2, 0) is 0 Å². The predicted octanol–water partition coefficient (Wildman–Crippen LogP) is 4.34. The van der Waals surface area contributed by atoms with Crippen molar-refractivity contribution in [1.29, 1.82) is 0 Å². The van der Waals surface area contributed by atoms with E-state index in [4.69, 9.17) is 10.2 Å². The van der Waals surface area contributed by atoms with Gasteiger partial charge in [0.1, 0.15) is 11.2 Å². The summed E-state index contributed by atoms with van der Waals surface area (Å²) in [7, 11) is 0. The number of imidazole rings is 1. The van der Waals surface area contributed by atoms with E-state index in [1.54, 1.807) is 6.20 Å². The monoisotopic (exact) mass is 343 g/mol. The summed E-state index contributed by atoms with van der Waals surface area (Å²) in [5.41, 5.74) is 12.0. The lowest BCUT2D eigenvalue weighted by Gasteiger charge is -2.06. The van der Waals surface area contributed by atoms with Crippen LogP contribution in [0.4, 0.5) is 6.01 Å². The Morgan fingerprint density at radius 2 is 2.12 bits per heavy atom. The van der Waals surface area contributed by atoms with Crippen LogP contribution >= 0.6 is 0 Å². The van der Waals surface area contributed by atoms with E-state index in [9.17, 15) is 0 Å². The summed E-state index contributed by atoms with van der Waals surface area (Å²) < 4.78 is 7.40. The average molecular weight is 343 g/mol. The third-order valence-electron chi connectivity index (χ3n) is 4.21. The Balaban J connectivity index is 1.84. The number of hydrogen-bond donors (Lipinski definition) is 1. The lowest BCUT2D eigenvalue weighted by Crippen LogP contribution is -1.92. The number of aliphatic imine (C=N–C) groups is 1. The number of allylic oxidation sites excluding steroid dienone is 3. The van der Waals surface area contributed by atoms with Gasteiger partial charge in [0.15, 0.2) is 5.58 Å². The van der Waals surface area contributed by atoms with Crippen LogP contribution in [0.2, 0.25) is 0 Å². The van der Waals surface area contributed by atoms with E-state index in [0.717, 1.165) is 33.6 Å². The molecule has 0 aliphatic rings. The van der Waals surface area contributed by atoms with Gasteiger partial charge in [0.05, 0.1) is 11.9 Å². The molecule has 0 bridgehead atoms. The standard InChI is InChI=1S/C20H17N5O/c1-3-13(8-9-22-2)17-11-23-19-7-5-15(12-25(17)19)14-4-6-18-16(10-14)24-20(21)26-18/h3-12H,2H2,1H3,(H2,21,24)/b9-8-,13-3+. The maximum atomic E-state index is 5.63. The van der Waals surface area contributed by atoms with Gasteiger partial charge in [0, 0.05) is 12.4 Å². The molecule has 3 aromatic heterocycles. The van der Waals surface area contributed by atoms with Crippen LogP contribution < -0.4 is 5.73 Å². The normalized spacial score (nSPS) is 12.4. The van der Waals surface area contributed by atoms with Crippen LogP contribution in [-0.4, -0.2) is 21.1 Å². The van der Waals surface area contributed by atoms with Crippen LogP contribution in [0, 0.1) is 0 Å². The van der Waals surface area contributed by atoms with Crippen molar-refractivity contribution >= 4 is 35.1 Å². The van der Waals surface area contributed by atoms with Crippen molar-refractivity contribution in [3.8, 4) is 11.1 Å². The number of oxazole rings is 1. The van der Waals surface area contributed by atoms with Crippen molar-refractivity contribution in [2.45, 2.75) is 6.92 Å². The number of pyridine rings is 1. The van der Waals surface area contributed by atoms with E-state index in [0.29, 0.717) is 5.58 Å². The number of anilines is 1. The number of hydrogen-bond acceptors (Lipinski definition) is 5. The predicted molar refractivity (Wildman–Crippen MR) is 105 cm³/mol. The van der Waals surface area contributed by atoms with E-state index < -0.39 is 0 Å². The summed E-state index contributed by atoms with van der Waals surface area (Å²) in [6.45, 7) is 5.46. The second-order valence-corrected chi connectivity index (χ2v) is 5.77. The first-order valence-corrected chi connectivity index (χ1v) is 8.12. The van der Waals surface area contributed by atoms with Gasteiger partial charge < -0.3 is 10.2 Å². The van der Waals surface area contributed by atoms with Crippen molar-refractivity contribution in [3.05, 3.63) is 66.8 Å². The van der Waals surface area contributed by atoms with Crippen LogP contribution in [0.1, 0.15) is 12.6 Å². The minimum absolute atomic E-state index is 0.171. The highest BCUT2D eigenvalue weighted by Gasteiger charge is 2.09. The second kappa shape index (κ2) is 6.33. The lowest BCUT2D eigenvalue weighted by atomic mass is 10.1.